The van der Waals surface area contributed by atoms with E-state index >= 15 is 0 Å². The van der Waals surface area contributed by atoms with Crippen LogP contribution < -0.4 is 5.32 Å². The lowest BCUT2D eigenvalue weighted by Crippen LogP contribution is -2.23. The lowest BCUT2D eigenvalue weighted by atomic mass is 9.93. The van der Waals surface area contributed by atoms with Crippen molar-refractivity contribution in [1.82, 2.24) is 19.6 Å². The number of hydrogen-bond acceptors (Lipinski definition) is 4. The van der Waals surface area contributed by atoms with Gasteiger partial charge in [0.05, 0.1) is 12.5 Å². The third-order valence-electron chi connectivity index (χ3n) is 3.97. The summed E-state index contributed by atoms with van der Waals surface area (Å²) in [6.45, 7) is 0.771. The summed E-state index contributed by atoms with van der Waals surface area (Å²) < 4.78 is 3.69. The summed E-state index contributed by atoms with van der Waals surface area (Å²) in [4.78, 5) is 12.1. The smallest absolute Gasteiger partial charge is 0.231 e. The Balaban J connectivity index is 1.56. The molecule has 2 N–H and O–H groups in total. The number of carbonyl (C=O) groups excluding carboxylic acids is 1. The van der Waals surface area contributed by atoms with Gasteiger partial charge in [-0.25, -0.2) is 0 Å². The molecule has 1 aliphatic carbocycles. The first-order valence-electron chi connectivity index (χ1n) is 7.73. The van der Waals surface area contributed by atoms with E-state index in [1.165, 1.54) is 6.42 Å². The summed E-state index contributed by atoms with van der Waals surface area (Å²) in [5.74, 6) is 0.450. The average Bonchev–Trinajstić information content (AvgIpc) is 3.05. The lowest BCUT2D eigenvalue weighted by molar-refractivity contribution is -0.115. The van der Waals surface area contributed by atoms with E-state index in [0.717, 1.165) is 18.5 Å². The van der Waals surface area contributed by atoms with Crippen molar-refractivity contribution in [3.05, 3.63) is 30.2 Å². The maximum absolute atomic E-state index is 12.1. The lowest BCUT2D eigenvalue weighted by Gasteiger charge is -2.27. The summed E-state index contributed by atoms with van der Waals surface area (Å²) in [6.07, 6.45) is 8.03. The van der Waals surface area contributed by atoms with E-state index in [-0.39, 0.29) is 12.5 Å². The Morgan fingerprint density at radius 1 is 1.41 bits per heavy atom. The van der Waals surface area contributed by atoms with Crippen LogP contribution in [0.25, 0.3) is 0 Å². The summed E-state index contributed by atoms with van der Waals surface area (Å²) in [7, 11) is 0. The normalized spacial score (nSPS) is 14.8. The van der Waals surface area contributed by atoms with Crippen molar-refractivity contribution >= 4 is 11.7 Å². The first kappa shape index (κ1) is 14.8. The predicted octanol–water partition coefficient (Wildman–Crippen LogP) is 1.37. The molecule has 1 saturated carbocycles. The predicted molar refractivity (Wildman–Crippen MR) is 81.4 cm³/mol. The average molecular weight is 303 g/mol. The van der Waals surface area contributed by atoms with Crippen molar-refractivity contribution < 1.29 is 9.90 Å². The molecule has 0 unspecified atom stereocenters. The monoisotopic (exact) mass is 303 g/mol. The fraction of sp³-hybridized carbons (Fsp3) is 0.533. The number of aromatic nitrogens is 4. The molecule has 22 heavy (non-hydrogen) atoms. The number of anilines is 1. The molecule has 0 spiro atoms. The van der Waals surface area contributed by atoms with Gasteiger partial charge in [0.2, 0.25) is 5.91 Å². The van der Waals surface area contributed by atoms with Crippen LogP contribution >= 0.6 is 0 Å². The van der Waals surface area contributed by atoms with E-state index in [1.807, 2.05) is 10.7 Å². The Labute approximate surface area is 128 Å². The van der Waals surface area contributed by atoms with E-state index in [2.05, 4.69) is 15.5 Å². The van der Waals surface area contributed by atoms with Crippen molar-refractivity contribution in [2.45, 2.75) is 44.7 Å². The molecule has 7 heteroatoms. The van der Waals surface area contributed by atoms with E-state index < -0.39 is 0 Å². The number of nitrogens with one attached hydrogen (secondary N) is 1. The van der Waals surface area contributed by atoms with Crippen LogP contribution in [0.3, 0.4) is 0 Å². The van der Waals surface area contributed by atoms with Crippen LogP contribution in [0.2, 0.25) is 0 Å². The molecule has 2 heterocycles. The van der Waals surface area contributed by atoms with Crippen LogP contribution in [0, 0.1) is 0 Å². The van der Waals surface area contributed by atoms with E-state index in [1.54, 1.807) is 23.1 Å². The number of aliphatic hydroxyl groups excluding tert-OH is 1. The van der Waals surface area contributed by atoms with Crippen LogP contribution in [0.15, 0.2) is 24.5 Å². The molecule has 2 aromatic heterocycles. The number of amides is 1. The van der Waals surface area contributed by atoms with Gasteiger partial charge in [-0.15, -0.1) is 0 Å². The van der Waals surface area contributed by atoms with Gasteiger partial charge in [-0.3, -0.25) is 14.2 Å². The Kier molecular flexibility index (Phi) is 4.53. The minimum atomic E-state index is -0.0894. The molecule has 1 aliphatic rings. The molecule has 0 bridgehead atoms. The van der Waals surface area contributed by atoms with Crippen molar-refractivity contribution in [1.29, 1.82) is 0 Å². The van der Waals surface area contributed by atoms with Gasteiger partial charge < -0.3 is 10.4 Å². The minimum Gasteiger partial charge on any atom is -0.396 e. The van der Waals surface area contributed by atoms with Crippen LogP contribution in [0.5, 0.6) is 0 Å². The van der Waals surface area contributed by atoms with Crippen LogP contribution in [0.1, 0.15) is 37.4 Å². The van der Waals surface area contributed by atoms with E-state index in [4.69, 9.17) is 5.11 Å². The maximum atomic E-state index is 12.1. The third kappa shape index (κ3) is 3.36. The van der Waals surface area contributed by atoms with Crippen LogP contribution in [0.4, 0.5) is 5.82 Å². The highest BCUT2D eigenvalue weighted by Crippen LogP contribution is 2.31. The highest BCUT2D eigenvalue weighted by atomic mass is 16.3. The molecule has 1 amide bonds. The second kappa shape index (κ2) is 6.74. The molecule has 0 atom stereocenters. The zero-order chi connectivity index (χ0) is 15.4. The van der Waals surface area contributed by atoms with Crippen molar-refractivity contribution in [2.24, 2.45) is 0 Å². The van der Waals surface area contributed by atoms with E-state index in [9.17, 15) is 4.79 Å². The number of hydrogen-bond donors (Lipinski definition) is 2. The molecule has 0 radical (unpaired) electrons. The number of nitrogens with zero attached hydrogens (tertiary/aromatic N) is 4. The first-order chi connectivity index (χ1) is 10.8. The zero-order valence-electron chi connectivity index (χ0n) is 12.5. The van der Waals surface area contributed by atoms with Gasteiger partial charge in [0, 0.05) is 37.3 Å². The molecule has 3 rings (SSSR count). The molecular formula is C15H21N5O2. The molecule has 118 valence electrons. The van der Waals surface area contributed by atoms with Gasteiger partial charge in [-0.05, 0) is 31.7 Å². The summed E-state index contributed by atoms with van der Waals surface area (Å²) in [5, 5.41) is 20.2. The highest BCUT2D eigenvalue weighted by Gasteiger charge is 2.22. The van der Waals surface area contributed by atoms with Crippen LogP contribution in [-0.2, 0) is 17.8 Å². The number of aryl methyl sites for hydroxylation is 1. The number of rotatable bonds is 7. The van der Waals surface area contributed by atoms with Gasteiger partial charge in [-0.2, -0.15) is 10.2 Å². The van der Waals surface area contributed by atoms with Gasteiger partial charge in [-0.1, -0.05) is 0 Å². The molecule has 7 nitrogen and oxygen atoms in total. The van der Waals surface area contributed by atoms with E-state index in [0.29, 0.717) is 31.2 Å². The zero-order valence-corrected chi connectivity index (χ0v) is 12.5. The molecule has 0 aliphatic heterocycles. The Bertz CT molecular complexity index is 629. The molecule has 1 fully saturated rings. The van der Waals surface area contributed by atoms with Crippen molar-refractivity contribution in [3.63, 3.8) is 0 Å². The quantitative estimate of drug-likeness (QED) is 0.809. The summed E-state index contributed by atoms with van der Waals surface area (Å²) >= 11 is 0. The molecule has 0 saturated heterocycles. The Morgan fingerprint density at radius 3 is 3.00 bits per heavy atom. The van der Waals surface area contributed by atoms with Gasteiger partial charge >= 0.3 is 0 Å². The highest BCUT2D eigenvalue weighted by molar-refractivity contribution is 5.91. The number of carbonyl (C=O) groups is 1. The summed E-state index contributed by atoms with van der Waals surface area (Å²) in [5.41, 5.74) is 0.946. The van der Waals surface area contributed by atoms with Gasteiger partial charge in [0.25, 0.3) is 0 Å². The minimum absolute atomic E-state index is 0.0894. The summed E-state index contributed by atoms with van der Waals surface area (Å²) in [6, 6.07) is 4.12. The topological polar surface area (TPSA) is 85.0 Å². The second-order valence-corrected chi connectivity index (χ2v) is 5.62. The Morgan fingerprint density at radius 2 is 2.27 bits per heavy atom. The first-order valence-corrected chi connectivity index (χ1v) is 7.73. The van der Waals surface area contributed by atoms with Crippen molar-refractivity contribution in [3.8, 4) is 0 Å². The van der Waals surface area contributed by atoms with Gasteiger partial charge in [0.1, 0.15) is 0 Å². The fourth-order valence-corrected chi connectivity index (χ4v) is 2.58. The van der Waals surface area contributed by atoms with Crippen LogP contribution in [-0.4, -0.2) is 37.2 Å². The SMILES string of the molecule is O=C(Cc1ccnn1C1CCC1)Nc1ccn(CCCO)n1. The fourth-order valence-electron chi connectivity index (χ4n) is 2.58. The largest absolute Gasteiger partial charge is 0.396 e. The Hall–Kier alpha value is -2.15. The molecule has 2 aromatic rings. The maximum Gasteiger partial charge on any atom is 0.231 e. The van der Waals surface area contributed by atoms with Crippen molar-refractivity contribution in [2.75, 3.05) is 11.9 Å². The number of aliphatic hydroxyl groups is 1. The molecular weight excluding hydrogens is 282 g/mol. The second-order valence-electron chi connectivity index (χ2n) is 5.62. The molecule has 0 aromatic carbocycles. The standard InChI is InChI=1S/C15H21N5O2/c21-10-2-8-19-9-6-14(18-19)17-15(22)11-13-5-7-16-20(13)12-3-1-4-12/h5-7,9,12,21H,1-4,8,10-11H2,(H,17,18,22). The van der Waals surface area contributed by atoms with Gasteiger partial charge in [0.15, 0.2) is 5.82 Å². The third-order valence-corrected chi connectivity index (χ3v) is 3.97.